The van der Waals surface area contributed by atoms with E-state index in [9.17, 15) is 0 Å². The molecule has 0 amide bonds. The van der Waals surface area contributed by atoms with Crippen LogP contribution in [0.5, 0.6) is 0 Å². The summed E-state index contributed by atoms with van der Waals surface area (Å²) in [5.74, 6) is 0. The topological polar surface area (TPSA) is 54.0 Å². The van der Waals surface area contributed by atoms with E-state index in [0.29, 0.717) is 6.61 Å². The Bertz CT molecular complexity index is 1010. The largest absolute Gasteiger partial charge is 0.383 e. The van der Waals surface area contributed by atoms with E-state index < -0.39 is 0 Å². The van der Waals surface area contributed by atoms with Crippen molar-refractivity contribution < 1.29 is 4.74 Å². The number of anilines is 1. The van der Waals surface area contributed by atoms with Gasteiger partial charge in [-0.05, 0) is 11.6 Å². The van der Waals surface area contributed by atoms with Crippen LogP contribution >= 0.6 is 11.3 Å². The summed E-state index contributed by atoms with van der Waals surface area (Å²) >= 11 is 1.64. The van der Waals surface area contributed by atoms with Crippen molar-refractivity contribution in [3.8, 4) is 22.4 Å². The average molecular weight is 364 g/mol. The lowest BCUT2D eigenvalue weighted by molar-refractivity contribution is 0.206. The summed E-state index contributed by atoms with van der Waals surface area (Å²) in [6.45, 7) is 1.50. The van der Waals surface area contributed by atoms with E-state index >= 15 is 0 Å². The number of thiazole rings is 1. The van der Waals surface area contributed by atoms with Crippen LogP contribution in [0.15, 0.2) is 54.2 Å². The number of hydrogen-bond acceptors (Lipinski definition) is 5. The maximum Gasteiger partial charge on any atom is 0.185 e. The number of ether oxygens (including phenoxy) is 1. The number of nitrogens with zero attached hydrogens (tertiary/aromatic N) is 3. The van der Waals surface area contributed by atoms with Crippen LogP contribution in [0.2, 0.25) is 0 Å². The smallest absolute Gasteiger partial charge is 0.185 e. The molecule has 0 saturated carbocycles. The minimum atomic E-state index is 0.683. The summed E-state index contributed by atoms with van der Waals surface area (Å²) in [4.78, 5) is 14.7. The Labute approximate surface area is 156 Å². The van der Waals surface area contributed by atoms with Gasteiger partial charge in [0.25, 0.3) is 0 Å². The number of hydrogen-bond donors (Lipinski definition) is 1. The van der Waals surface area contributed by atoms with Crippen LogP contribution in [0.1, 0.15) is 0 Å². The van der Waals surface area contributed by atoms with Gasteiger partial charge in [0.1, 0.15) is 5.65 Å². The second-order valence-corrected chi connectivity index (χ2v) is 6.95. The fourth-order valence-electron chi connectivity index (χ4n) is 2.89. The van der Waals surface area contributed by atoms with Crippen molar-refractivity contribution in [1.82, 2.24) is 15.0 Å². The van der Waals surface area contributed by atoms with Crippen LogP contribution in [0.4, 0.5) is 5.13 Å². The van der Waals surface area contributed by atoms with E-state index in [4.69, 9.17) is 9.72 Å². The van der Waals surface area contributed by atoms with Gasteiger partial charge in [-0.2, -0.15) is 0 Å². The molecule has 0 bridgehead atoms. The van der Waals surface area contributed by atoms with E-state index in [-0.39, 0.29) is 0 Å². The third kappa shape index (κ3) is 3.21. The van der Waals surface area contributed by atoms with Crippen molar-refractivity contribution >= 4 is 27.5 Å². The number of methoxy groups -OCH3 is 1. The Balaban J connectivity index is 1.70. The van der Waals surface area contributed by atoms with Crippen LogP contribution in [-0.4, -0.2) is 42.3 Å². The zero-order valence-electron chi connectivity index (χ0n) is 14.8. The molecule has 6 heteroatoms. The molecule has 132 valence electrons. The fraction of sp³-hybridized carbons (Fsp3) is 0.200. The summed E-state index contributed by atoms with van der Waals surface area (Å²) in [5.41, 5.74) is 5.18. The molecule has 1 N–H and O–H groups in total. The summed E-state index contributed by atoms with van der Waals surface area (Å²) in [6.07, 6.45) is 3.89. The van der Waals surface area contributed by atoms with E-state index in [0.717, 1.165) is 45.1 Å². The van der Waals surface area contributed by atoms with Crippen molar-refractivity contribution in [3.05, 3.63) is 54.2 Å². The lowest BCUT2D eigenvalue weighted by Crippen LogP contribution is -2.21. The molecule has 0 unspecified atom stereocenters. The number of benzene rings is 1. The third-order valence-electron chi connectivity index (χ3n) is 4.36. The van der Waals surface area contributed by atoms with Crippen LogP contribution in [-0.2, 0) is 4.74 Å². The normalized spacial score (nSPS) is 11.2. The molecule has 1 aromatic carbocycles. The number of fused-ring (bicyclic) bond motifs is 1. The number of rotatable bonds is 6. The maximum atomic E-state index is 5.15. The van der Waals surface area contributed by atoms with Crippen molar-refractivity contribution in [2.45, 2.75) is 0 Å². The Hall–Kier alpha value is -2.70. The van der Waals surface area contributed by atoms with E-state index in [1.165, 1.54) is 0 Å². The molecule has 0 saturated heterocycles. The monoisotopic (exact) mass is 364 g/mol. The average Bonchev–Trinajstić information content (AvgIpc) is 3.33. The second-order valence-electron chi connectivity index (χ2n) is 6.12. The number of pyridine rings is 1. The van der Waals surface area contributed by atoms with E-state index in [1.54, 1.807) is 18.4 Å². The molecular formula is C20H20N4OS. The highest BCUT2D eigenvalue weighted by Crippen LogP contribution is 2.33. The minimum Gasteiger partial charge on any atom is -0.383 e. The zero-order valence-corrected chi connectivity index (χ0v) is 15.6. The van der Waals surface area contributed by atoms with Crippen molar-refractivity contribution in [3.63, 3.8) is 0 Å². The minimum absolute atomic E-state index is 0.683. The van der Waals surface area contributed by atoms with Gasteiger partial charge in [-0.1, -0.05) is 30.3 Å². The summed E-state index contributed by atoms with van der Waals surface area (Å²) in [6, 6.07) is 12.5. The third-order valence-corrected chi connectivity index (χ3v) is 5.32. The number of aromatic nitrogens is 3. The predicted octanol–water partition coefficient (Wildman–Crippen LogP) is 4.44. The first-order valence-corrected chi connectivity index (χ1v) is 9.33. The Kier molecular flexibility index (Phi) is 4.69. The maximum absolute atomic E-state index is 5.15. The van der Waals surface area contributed by atoms with Crippen molar-refractivity contribution in [2.24, 2.45) is 0 Å². The fourth-order valence-corrected chi connectivity index (χ4v) is 3.71. The lowest BCUT2D eigenvalue weighted by Gasteiger charge is -2.14. The van der Waals surface area contributed by atoms with Gasteiger partial charge in [0.05, 0.1) is 12.3 Å². The zero-order chi connectivity index (χ0) is 17.9. The highest BCUT2D eigenvalue weighted by atomic mass is 32.1. The first-order chi connectivity index (χ1) is 12.8. The molecule has 0 aliphatic carbocycles. The van der Waals surface area contributed by atoms with Crippen LogP contribution in [0.3, 0.4) is 0 Å². The molecular weight excluding hydrogens is 344 g/mol. The summed E-state index contributed by atoms with van der Waals surface area (Å²) < 4.78 is 5.15. The van der Waals surface area contributed by atoms with Crippen LogP contribution < -0.4 is 4.90 Å². The molecule has 0 aliphatic rings. The molecule has 0 spiro atoms. The van der Waals surface area contributed by atoms with Gasteiger partial charge in [0, 0.05) is 55.0 Å². The number of nitrogens with one attached hydrogen (secondary N) is 1. The second kappa shape index (κ2) is 7.27. The molecule has 0 radical (unpaired) electrons. The Morgan fingerprint density at radius 1 is 1.19 bits per heavy atom. The van der Waals surface area contributed by atoms with Crippen molar-refractivity contribution in [2.75, 3.05) is 32.2 Å². The molecule has 5 nitrogen and oxygen atoms in total. The first-order valence-electron chi connectivity index (χ1n) is 8.45. The molecule has 0 atom stereocenters. The lowest BCUT2D eigenvalue weighted by atomic mass is 10.1. The number of aromatic amines is 1. The number of H-pyrrole nitrogens is 1. The molecule has 4 rings (SSSR count). The van der Waals surface area contributed by atoms with Gasteiger partial charge in [0.2, 0.25) is 0 Å². The van der Waals surface area contributed by atoms with Gasteiger partial charge >= 0.3 is 0 Å². The van der Waals surface area contributed by atoms with Crippen LogP contribution in [0.25, 0.3) is 33.4 Å². The summed E-state index contributed by atoms with van der Waals surface area (Å²) in [5, 5.41) is 4.16. The first kappa shape index (κ1) is 16.8. The SMILES string of the molecule is COCCN(C)c1nc(-c2c[nH]c3ncc(-c4ccccc4)cc23)cs1. The van der Waals surface area contributed by atoms with Crippen LogP contribution in [0, 0.1) is 0 Å². The van der Waals surface area contributed by atoms with Gasteiger partial charge < -0.3 is 14.6 Å². The molecule has 0 aliphatic heterocycles. The molecule has 26 heavy (non-hydrogen) atoms. The summed E-state index contributed by atoms with van der Waals surface area (Å²) in [7, 11) is 3.75. The van der Waals surface area contributed by atoms with Gasteiger partial charge in [-0.3, -0.25) is 0 Å². The highest BCUT2D eigenvalue weighted by molar-refractivity contribution is 7.14. The number of likely N-dealkylation sites (N-methyl/N-ethyl adjacent to an activating group) is 1. The van der Waals surface area contributed by atoms with E-state index in [1.807, 2.05) is 37.6 Å². The van der Waals surface area contributed by atoms with E-state index in [2.05, 4.69) is 38.4 Å². The molecule has 3 heterocycles. The Morgan fingerprint density at radius 3 is 2.85 bits per heavy atom. The Morgan fingerprint density at radius 2 is 2.04 bits per heavy atom. The van der Waals surface area contributed by atoms with Crippen molar-refractivity contribution in [1.29, 1.82) is 0 Å². The molecule has 3 aromatic heterocycles. The quantitative estimate of drug-likeness (QED) is 0.550. The van der Waals surface area contributed by atoms with Gasteiger partial charge in [-0.15, -0.1) is 11.3 Å². The highest BCUT2D eigenvalue weighted by Gasteiger charge is 2.13. The standard InChI is InChI=1S/C20H20N4OS/c1-24(8-9-25-2)20-23-18(13-26-20)17-12-22-19-16(17)10-15(11-21-19)14-6-4-3-5-7-14/h3-7,10-13H,8-9H2,1-2H3,(H,21,22). The predicted molar refractivity (Wildman–Crippen MR) is 108 cm³/mol. The molecule has 4 aromatic rings. The van der Waals surface area contributed by atoms with Gasteiger partial charge in [0.15, 0.2) is 5.13 Å². The molecule has 0 fully saturated rings. The van der Waals surface area contributed by atoms with Gasteiger partial charge in [-0.25, -0.2) is 9.97 Å².